The summed E-state index contributed by atoms with van der Waals surface area (Å²) in [4.78, 5) is 0. The molecule has 1 atom stereocenters. The molecule has 0 bridgehead atoms. The topological polar surface area (TPSA) is 12.0 Å². The Morgan fingerprint density at radius 3 is 2.75 bits per heavy atom. The molecule has 20 heavy (non-hydrogen) atoms. The summed E-state index contributed by atoms with van der Waals surface area (Å²) in [6, 6.07) is 6.24. The van der Waals surface area contributed by atoms with Crippen molar-refractivity contribution in [2.24, 2.45) is 0 Å². The van der Waals surface area contributed by atoms with Crippen LogP contribution in [0.15, 0.2) is 18.2 Å². The van der Waals surface area contributed by atoms with E-state index in [9.17, 15) is 0 Å². The summed E-state index contributed by atoms with van der Waals surface area (Å²) in [5.41, 5.74) is 1.14. The minimum absolute atomic E-state index is 0.298. The molecule has 0 saturated heterocycles. The number of nitrogens with one attached hydrogen (secondary N) is 1. The average Bonchev–Trinajstić information content (AvgIpc) is 2.96. The van der Waals surface area contributed by atoms with Crippen molar-refractivity contribution >= 4 is 35.0 Å². The van der Waals surface area contributed by atoms with E-state index in [1.807, 2.05) is 12.1 Å². The van der Waals surface area contributed by atoms with Crippen LogP contribution in [0.25, 0.3) is 0 Å². The van der Waals surface area contributed by atoms with Gasteiger partial charge in [-0.25, -0.2) is 0 Å². The lowest BCUT2D eigenvalue weighted by Gasteiger charge is -2.22. The molecule has 1 aromatic rings. The van der Waals surface area contributed by atoms with Gasteiger partial charge >= 0.3 is 0 Å². The van der Waals surface area contributed by atoms with Crippen molar-refractivity contribution in [1.82, 2.24) is 5.32 Å². The first-order valence-corrected chi connectivity index (χ1v) is 9.31. The van der Waals surface area contributed by atoms with E-state index in [0.717, 1.165) is 29.5 Å². The zero-order valence-corrected chi connectivity index (χ0v) is 14.3. The predicted octanol–water partition coefficient (Wildman–Crippen LogP) is 5.71. The van der Waals surface area contributed by atoms with Crippen LogP contribution in [0.4, 0.5) is 0 Å². The third-order valence-corrected chi connectivity index (χ3v) is 6.10. The lowest BCUT2D eigenvalue weighted by atomic mass is 10.1. The summed E-state index contributed by atoms with van der Waals surface area (Å²) in [5.74, 6) is 1.07. The number of rotatable bonds is 7. The summed E-state index contributed by atoms with van der Waals surface area (Å²) in [7, 11) is 0. The van der Waals surface area contributed by atoms with Crippen LogP contribution >= 0.6 is 35.0 Å². The van der Waals surface area contributed by atoms with Gasteiger partial charge in [0, 0.05) is 17.0 Å². The van der Waals surface area contributed by atoms with Crippen LogP contribution in [0.3, 0.4) is 0 Å². The van der Waals surface area contributed by atoms with Crippen LogP contribution in [0, 0.1) is 0 Å². The SMILES string of the molecule is CCCNC(CSC1CCCC1)c1cccc(Cl)c1Cl. The van der Waals surface area contributed by atoms with Gasteiger partial charge in [0.25, 0.3) is 0 Å². The maximum absolute atomic E-state index is 6.38. The highest BCUT2D eigenvalue weighted by Gasteiger charge is 2.20. The first kappa shape index (κ1) is 16.5. The van der Waals surface area contributed by atoms with Crippen molar-refractivity contribution < 1.29 is 0 Å². The first-order chi connectivity index (χ1) is 9.72. The van der Waals surface area contributed by atoms with Crippen LogP contribution in [-0.2, 0) is 0 Å². The highest BCUT2D eigenvalue weighted by atomic mass is 35.5. The first-order valence-electron chi connectivity index (χ1n) is 7.51. The lowest BCUT2D eigenvalue weighted by molar-refractivity contribution is 0.577. The van der Waals surface area contributed by atoms with Gasteiger partial charge in [-0.2, -0.15) is 11.8 Å². The van der Waals surface area contributed by atoms with Crippen LogP contribution < -0.4 is 5.32 Å². The third kappa shape index (κ3) is 4.56. The van der Waals surface area contributed by atoms with E-state index >= 15 is 0 Å². The molecule has 4 heteroatoms. The number of thioether (sulfide) groups is 1. The zero-order chi connectivity index (χ0) is 14.4. The molecular weight excluding hydrogens is 309 g/mol. The van der Waals surface area contributed by atoms with Crippen LogP contribution in [0.5, 0.6) is 0 Å². The molecule has 0 radical (unpaired) electrons. The molecular formula is C16H23Cl2NS. The van der Waals surface area contributed by atoms with E-state index in [1.165, 1.54) is 25.7 Å². The predicted molar refractivity (Wildman–Crippen MR) is 92.2 cm³/mol. The van der Waals surface area contributed by atoms with Gasteiger partial charge in [-0.05, 0) is 37.4 Å². The molecule has 1 saturated carbocycles. The zero-order valence-electron chi connectivity index (χ0n) is 12.0. The summed E-state index contributed by atoms with van der Waals surface area (Å²) in [5, 5.41) is 5.80. The molecule has 0 aromatic heterocycles. The van der Waals surface area contributed by atoms with Gasteiger partial charge in [-0.1, -0.05) is 55.1 Å². The molecule has 1 aliphatic carbocycles. The highest BCUT2D eigenvalue weighted by Crippen LogP contribution is 2.35. The lowest BCUT2D eigenvalue weighted by Crippen LogP contribution is -2.25. The molecule has 1 aliphatic rings. The molecule has 0 spiro atoms. The Hall–Kier alpha value is 0.110. The third-order valence-electron chi connectivity index (χ3n) is 3.80. The molecule has 1 nitrogen and oxygen atoms in total. The second-order valence-corrected chi connectivity index (χ2v) is 7.51. The standard InChI is InChI=1S/C16H23Cl2NS/c1-2-10-19-15(11-20-12-6-3-4-7-12)13-8-5-9-14(17)16(13)18/h5,8-9,12,15,19H,2-4,6-7,10-11H2,1H3. The van der Waals surface area contributed by atoms with Gasteiger partial charge < -0.3 is 5.32 Å². The molecule has 0 heterocycles. The van der Waals surface area contributed by atoms with Gasteiger partial charge in [0.1, 0.15) is 0 Å². The molecule has 112 valence electrons. The van der Waals surface area contributed by atoms with Crippen molar-refractivity contribution in [3.63, 3.8) is 0 Å². The Morgan fingerprint density at radius 1 is 1.30 bits per heavy atom. The van der Waals surface area contributed by atoms with Crippen molar-refractivity contribution in [2.45, 2.75) is 50.3 Å². The minimum atomic E-state index is 0.298. The highest BCUT2D eigenvalue weighted by molar-refractivity contribution is 7.99. The van der Waals surface area contributed by atoms with Crippen LogP contribution in [0.1, 0.15) is 50.6 Å². The number of hydrogen-bond acceptors (Lipinski definition) is 2. The van der Waals surface area contributed by atoms with E-state index in [0.29, 0.717) is 16.1 Å². The monoisotopic (exact) mass is 331 g/mol. The van der Waals surface area contributed by atoms with E-state index in [2.05, 4.69) is 30.1 Å². The molecule has 1 N–H and O–H groups in total. The smallest absolute Gasteiger partial charge is 0.0640 e. The van der Waals surface area contributed by atoms with Gasteiger partial charge in [0.2, 0.25) is 0 Å². The second kappa shape index (κ2) is 8.53. The Bertz CT molecular complexity index is 419. The number of hydrogen-bond donors (Lipinski definition) is 1. The van der Waals surface area contributed by atoms with E-state index < -0.39 is 0 Å². The second-order valence-electron chi connectivity index (χ2n) is 5.39. The molecule has 1 unspecified atom stereocenters. The largest absolute Gasteiger partial charge is 0.309 e. The van der Waals surface area contributed by atoms with E-state index in [4.69, 9.17) is 23.2 Å². The van der Waals surface area contributed by atoms with Crippen LogP contribution in [0.2, 0.25) is 10.0 Å². The quantitative estimate of drug-likeness (QED) is 0.686. The van der Waals surface area contributed by atoms with Crippen LogP contribution in [-0.4, -0.2) is 17.5 Å². The fourth-order valence-electron chi connectivity index (χ4n) is 2.65. The molecule has 1 aromatic carbocycles. The maximum Gasteiger partial charge on any atom is 0.0640 e. The van der Waals surface area contributed by atoms with E-state index in [-0.39, 0.29) is 0 Å². The van der Waals surface area contributed by atoms with Crippen molar-refractivity contribution in [3.8, 4) is 0 Å². The molecule has 0 aliphatic heterocycles. The molecule has 2 rings (SSSR count). The maximum atomic E-state index is 6.38. The summed E-state index contributed by atoms with van der Waals surface area (Å²) < 4.78 is 0. The van der Waals surface area contributed by atoms with E-state index in [1.54, 1.807) is 0 Å². The normalized spacial score (nSPS) is 17.6. The Labute approximate surface area is 136 Å². The fraction of sp³-hybridized carbons (Fsp3) is 0.625. The van der Waals surface area contributed by atoms with Crippen molar-refractivity contribution in [2.75, 3.05) is 12.3 Å². The number of halogens is 2. The Morgan fingerprint density at radius 2 is 2.05 bits per heavy atom. The van der Waals surface area contributed by atoms with Gasteiger partial charge in [-0.15, -0.1) is 0 Å². The van der Waals surface area contributed by atoms with Gasteiger partial charge in [0.05, 0.1) is 10.0 Å². The molecule has 1 fully saturated rings. The van der Waals surface area contributed by atoms with Gasteiger partial charge in [-0.3, -0.25) is 0 Å². The summed E-state index contributed by atoms with van der Waals surface area (Å²) in [6.07, 6.45) is 6.65. The average molecular weight is 332 g/mol. The van der Waals surface area contributed by atoms with Gasteiger partial charge in [0.15, 0.2) is 0 Å². The summed E-state index contributed by atoms with van der Waals surface area (Å²) in [6.45, 7) is 3.20. The summed E-state index contributed by atoms with van der Waals surface area (Å²) >= 11 is 14.6. The minimum Gasteiger partial charge on any atom is -0.309 e. The Balaban J connectivity index is 2.03. The Kier molecular flexibility index (Phi) is 7.03. The molecule has 0 amide bonds. The fourth-order valence-corrected chi connectivity index (χ4v) is 4.52. The van der Waals surface area contributed by atoms with Crippen molar-refractivity contribution in [3.05, 3.63) is 33.8 Å². The number of benzene rings is 1. The van der Waals surface area contributed by atoms with Crippen molar-refractivity contribution in [1.29, 1.82) is 0 Å².